The van der Waals surface area contributed by atoms with E-state index in [1.807, 2.05) is 0 Å². The number of carbonyl (C=O) groups excluding carboxylic acids is 2. The first-order chi connectivity index (χ1) is 12.3. The number of nitrogens with one attached hydrogen (secondary N) is 1. The quantitative estimate of drug-likeness (QED) is 0.795. The molecule has 0 radical (unpaired) electrons. The lowest BCUT2D eigenvalue weighted by Crippen LogP contribution is -2.21. The van der Waals surface area contributed by atoms with Gasteiger partial charge >= 0.3 is 12.1 Å². The lowest BCUT2D eigenvalue weighted by Gasteiger charge is -2.09. The molecule has 0 bridgehead atoms. The van der Waals surface area contributed by atoms with Gasteiger partial charge in [-0.25, -0.2) is 0 Å². The van der Waals surface area contributed by atoms with E-state index in [0.717, 1.165) is 24.3 Å². The van der Waals surface area contributed by atoms with Crippen molar-refractivity contribution in [2.45, 2.75) is 12.6 Å². The third-order valence-electron chi connectivity index (χ3n) is 3.34. The van der Waals surface area contributed by atoms with Gasteiger partial charge in [0.15, 0.2) is 6.61 Å². The smallest absolute Gasteiger partial charge is 0.416 e. The molecule has 0 aromatic heterocycles. The summed E-state index contributed by atoms with van der Waals surface area (Å²) in [7, 11) is 1.50. The number of halogens is 3. The Morgan fingerprint density at radius 3 is 2.38 bits per heavy atom. The second-order valence-corrected chi connectivity index (χ2v) is 5.31. The van der Waals surface area contributed by atoms with Crippen molar-refractivity contribution < 1.29 is 32.2 Å². The van der Waals surface area contributed by atoms with Gasteiger partial charge in [0.05, 0.1) is 19.1 Å². The van der Waals surface area contributed by atoms with E-state index in [0.29, 0.717) is 11.3 Å². The van der Waals surface area contributed by atoms with Crippen molar-refractivity contribution in [1.29, 1.82) is 0 Å². The molecular formula is C18H16F3NO4. The van der Waals surface area contributed by atoms with Gasteiger partial charge in [-0.2, -0.15) is 13.2 Å². The third-order valence-corrected chi connectivity index (χ3v) is 3.34. The Labute approximate surface area is 147 Å². The molecule has 0 fully saturated rings. The molecule has 0 aliphatic heterocycles. The van der Waals surface area contributed by atoms with Gasteiger partial charge < -0.3 is 14.8 Å². The molecule has 2 aromatic rings. The Bertz CT molecular complexity index is 773. The molecule has 0 aliphatic carbocycles. The minimum atomic E-state index is -4.45. The van der Waals surface area contributed by atoms with Gasteiger partial charge in [-0.05, 0) is 42.0 Å². The molecule has 2 aromatic carbocycles. The average molecular weight is 367 g/mol. The normalized spacial score (nSPS) is 10.9. The summed E-state index contributed by atoms with van der Waals surface area (Å²) in [5.41, 5.74) is 0.0181. The van der Waals surface area contributed by atoms with Crippen LogP contribution < -0.4 is 10.1 Å². The summed E-state index contributed by atoms with van der Waals surface area (Å²) in [5, 5.41) is 2.35. The van der Waals surface area contributed by atoms with Crippen LogP contribution in [0.5, 0.6) is 5.75 Å². The van der Waals surface area contributed by atoms with Gasteiger partial charge in [0.2, 0.25) is 0 Å². The van der Waals surface area contributed by atoms with Crippen LogP contribution in [-0.4, -0.2) is 25.6 Å². The van der Waals surface area contributed by atoms with E-state index in [-0.39, 0.29) is 12.1 Å². The number of hydrogen-bond donors (Lipinski definition) is 1. The van der Waals surface area contributed by atoms with Gasteiger partial charge in [0.1, 0.15) is 5.75 Å². The first-order valence-corrected chi connectivity index (χ1v) is 7.53. The van der Waals surface area contributed by atoms with Crippen LogP contribution in [0.4, 0.5) is 18.9 Å². The highest BCUT2D eigenvalue weighted by atomic mass is 19.4. The van der Waals surface area contributed by atoms with E-state index in [2.05, 4.69) is 5.32 Å². The Kier molecular flexibility index (Phi) is 6.21. The number of amides is 1. The largest absolute Gasteiger partial charge is 0.497 e. The average Bonchev–Trinajstić information content (AvgIpc) is 2.60. The number of rotatable bonds is 6. The van der Waals surface area contributed by atoms with Crippen molar-refractivity contribution >= 4 is 17.6 Å². The second-order valence-electron chi connectivity index (χ2n) is 5.31. The predicted molar refractivity (Wildman–Crippen MR) is 87.7 cm³/mol. The molecule has 0 heterocycles. The minimum absolute atomic E-state index is 0.0369. The van der Waals surface area contributed by atoms with Crippen LogP contribution in [-0.2, 0) is 26.9 Å². The summed E-state index contributed by atoms with van der Waals surface area (Å²) < 4.78 is 47.3. The van der Waals surface area contributed by atoms with E-state index in [1.54, 1.807) is 24.3 Å². The summed E-state index contributed by atoms with van der Waals surface area (Å²) in [6, 6.07) is 10.8. The first-order valence-electron chi connectivity index (χ1n) is 7.53. The van der Waals surface area contributed by atoms with Crippen LogP contribution in [0.15, 0.2) is 48.5 Å². The zero-order valence-electron chi connectivity index (χ0n) is 13.8. The molecule has 138 valence electrons. The van der Waals surface area contributed by atoms with Crippen molar-refractivity contribution in [3.63, 3.8) is 0 Å². The number of esters is 1. The van der Waals surface area contributed by atoms with Gasteiger partial charge in [0.25, 0.3) is 5.91 Å². The van der Waals surface area contributed by atoms with Crippen LogP contribution in [0.2, 0.25) is 0 Å². The summed E-state index contributed by atoms with van der Waals surface area (Å²) in [4.78, 5) is 23.5. The van der Waals surface area contributed by atoms with E-state index in [1.165, 1.54) is 7.11 Å². The highest BCUT2D eigenvalue weighted by Crippen LogP contribution is 2.29. The summed E-state index contributed by atoms with van der Waals surface area (Å²) in [6.07, 6.45) is -4.48. The molecule has 5 nitrogen and oxygen atoms in total. The summed E-state index contributed by atoms with van der Waals surface area (Å²) in [5.74, 6) is -0.667. The zero-order chi connectivity index (χ0) is 19.2. The first kappa shape index (κ1) is 19.3. The maximum Gasteiger partial charge on any atom is 0.416 e. The van der Waals surface area contributed by atoms with E-state index < -0.39 is 30.2 Å². The molecule has 0 atom stereocenters. The lowest BCUT2D eigenvalue weighted by atomic mass is 10.1. The third kappa shape index (κ3) is 5.80. The van der Waals surface area contributed by atoms with Crippen molar-refractivity contribution in [1.82, 2.24) is 0 Å². The number of carbonyl (C=O) groups is 2. The SMILES string of the molecule is COc1cccc(CC(=O)OCC(=O)Nc2ccc(C(F)(F)F)cc2)c1. The molecule has 2 rings (SSSR count). The standard InChI is InChI=1S/C18H16F3NO4/c1-25-15-4-2-3-12(9-15)10-17(24)26-11-16(23)22-14-7-5-13(6-8-14)18(19,20)21/h2-9H,10-11H2,1H3,(H,22,23). The number of methoxy groups -OCH3 is 1. The van der Waals surface area contributed by atoms with Crippen molar-refractivity contribution in [3.05, 3.63) is 59.7 Å². The van der Waals surface area contributed by atoms with Crippen LogP contribution >= 0.6 is 0 Å². The van der Waals surface area contributed by atoms with Gasteiger partial charge in [0, 0.05) is 5.69 Å². The molecule has 26 heavy (non-hydrogen) atoms. The number of anilines is 1. The fraction of sp³-hybridized carbons (Fsp3) is 0.222. The van der Waals surface area contributed by atoms with E-state index >= 15 is 0 Å². The number of alkyl halides is 3. The van der Waals surface area contributed by atoms with Gasteiger partial charge in [-0.1, -0.05) is 12.1 Å². The maximum atomic E-state index is 12.5. The molecule has 1 N–H and O–H groups in total. The van der Waals surface area contributed by atoms with Crippen molar-refractivity contribution in [2.75, 3.05) is 19.0 Å². The van der Waals surface area contributed by atoms with Crippen LogP contribution in [0.25, 0.3) is 0 Å². The molecule has 0 spiro atoms. The minimum Gasteiger partial charge on any atom is -0.497 e. The number of ether oxygens (including phenoxy) is 2. The number of hydrogen-bond acceptors (Lipinski definition) is 4. The topological polar surface area (TPSA) is 64.6 Å². The Morgan fingerprint density at radius 1 is 1.08 bits per heavy atom. The molecule has 1 amide bonds. The van der Waals surface area contributed by atoms with E-state index in [4.69, 9.17) is 9.47 Å². The van der Waals surface area contributed by atoms with Crippen molar-refractivity contribution in [3.8, 4) is 5.75 Å². The number of benzene rings is 2. The fourth-order valence-electron chi connectivity index (χ4n) is 2.09. The Morgan fingerprint density at radius 2 is 1.77 bits per heavy atom. The molecule has 0 aliphatic rings. The molecule has 0 unspecified atom stereocenters. The zero-order valence-corrected chi connectivity index (χ0v) is 13.8. The summed E-state index contributed by atoms with van der Waals surface area (Å²) >= 11 is 0. The van der Waals surface area contributed by atoms with Gasteiger partial charge in [-0.15, -0.1) is 0 Å². The van der Waals surface area contributed by atoms with Crippen LogP contribution in [0.3, 0.4) is 0 Å². The van der Waals surface area contributed by atoms with Crippen molar-refractivity contribution in [2.24, 2.45) is 0 Å². The van der Waals surface area contributed by atoms with E-state index in [9.17, 15) is 22.8 Å². The second kappa shape index (κ2) is 8.37. The Hall–Kier alpha value is -3.03. The monoisotopic (exact) mass is 367 g/mol. The van der Waals surface area contributed by atoms with Crippen LogP contribution in [0, 0.1) is 0 Å². The fourth-order valence-corrected chi connectivity index (χ4v) is 2.09. The molecule has 8 heteroatoms. The lowest BCUT2D eigenvalue weighted by molar-refractivity contribution is -0.146. The molecule has 0 saturated heterocycles. The van der Waals surface area contributed by atoms with Gasteiger partial charge in [-0.3, -0.25) is 9.59 Å². The Balaban J connectivity index is 1.81. The predicted octanol–water partition coefficient (Wildman–Crippen LogP) is 3.44. The van der Waals surface area contributed by atoms with Crippen LogP contribution in [0.1, 0.15) is 11.1 Å². The highest BCUT2D eigenvalue weighted by molar-refractivity contribution is 5.92. The molecular weight excluding hydrogens is 351 g/mol. The highest BCUT2D eigenvalue weighted by Gasteiger charge is 2.29. The molecule has 0 saturated carbocycles. The maximum absolute atomic E-state index is 12.5. The summed E-state index contributed by atoms with van der Waals surface area (Å²) in [6.45, 7) is -0.538.